The van der Waals surface area contributed by atoms with E-state index in [9.17, 15) is 4.79 Å². The topological polar surface area (TPSA) is 72.3 Å². The van der Waals surface area contributed by atoms with E-state index in [-0.39, 0.29) is 5.56 Å². The van der Waals surface area contributed by atoms with Crippen LogP contribution in [0.1, 0.15) is 15.9 Å². The monoisotopic (exact) mass is 282 g/mol. The molecular weight excluding hydrogens is 272 g/mol. The lowest BCUT2D eigenvalue weighted by Crippen LogP contribution is -2.01. The Morgan fingerprint density at radius 2 is 2.39 bits per heavy atom. The molecule has 0 spiro atoms. The third-order valence-corrected chi connectivity index (χ3v) is 4.07. The average molecular weight is 282 g/mol. The Bertz CT molecular complexity index is 543. The highest BCUT2D eigenvalue weighted by atomic mass is 32.2. The molecule has 1 N–H and O–H groups in total. The Kier molecular flexibility index (Phi) is 4.16. The first-order valence-corrected chi connectivity index (χ1v) is 6.76. The van der Waals surface area contributed by atoms with E-state index < -0.39 is 5.97 Å². The summed E-state index contributed by atoms with van der Waals surface area (Å²) in [5.41, 5.74) is 1.08. The predicted octanol–water partition coefficient (Wildman–Crippen LogP) is 2.54. The van der Waals surface area contributed by atoms with Gasteiger partial charge in [0.1, 0.15) is 17.6 Å². The van der Waals surface area contributed by atoms with Crippen LogP contribution in [0.15, 0.2) is 28.9 Å². The number of aromatic nitrogens is 2. The molecule has 0 fully saturated rings. The van der Waals surface area contributed by atoms with Gasteiger partial charge in [-0.3, -0.25) is 0 Å². The fraction of sp³-hybridized carbons (Fsp3) is 0.182. The van der Waals surface area contributed by atoms with Crippen molar-refractivity contribution in [2.75, 3.05) is 7.11 Å². The van der Waals surface area contributed by atoms with Crippen molar-refractivity contribution in [2.24, 2.45) is 0 Å². The van der Waals surface area contributed by atoms with Crippen LogP contribution >= 0.6 is 23.3 Å². The van der Waals surface area contributed by atoms with Crippen LogP contribution in [-0.2, 0) is 5.75 Å². The molecule has 0 aliphatic heterocycles. The number of aromatic carboxylic acids is 1. The van der Waals surface area contributed by atoms with E-state index >= 15 is 0 Å². The summed E-state index contributed by atoms with van der Waals surface area (Å²) in [4.78, 5) is 15.1. The maximum Gasteiger partial charge on any atom is 0.339 e. The SMILES string of the molecule is COc1ccc(CSc2ncns2)cc1C(=O)O. The Balaban J connectivity index is 2.14. The molecule has 0 bridgehead atoms. The molecule has 18 heavy (non-hydrogen) atoms. The van der Waals surface area contributed by atoms with E-state index in [2.05, 4.69) is 9.36 Å². The number of carboxylic acids is 1. The summed E-state index contributed by atoms with van der Waals surface area (Å²) < 4.78 is 9.77. The third kappa shape index (κ3) is 2.99. The standard InChI is InChI=1S/C11H10N2O3S2/c1-16-9-3-2-7(4-8(9)10(14)15)5-17-11-12-6-13-18-11/h2-4,6H,5H2,1H3,(H,14,15). The maximum atomic E-state index is 11.1. The van der Waals surface area contributed by atoms with E-state index in [1.54, 1.807) is 12.1 Å². The van der Waals surface area contributed by atoms with Crippen LogP contribution < -0.4 is 4.74 Å². The van der Waals surface area contributed by atoms with Gasteiger partial charge >= 0.3 is 5.97 Å². The molecule has 2 rings (SSSR count). The normalized spacial score (nSPS) is 10.3. The highest BCUT2D eigenvalue weighted by Crippen LogP contribution is 2.26. The molecule has 0 atom stereocenters. The minimum absolute atomic E-state index is 0.174. The summed E-state index contributed by atoms with van der Waals surface area (Å²) in [6.45, 7) is 0. The van der Waals surface area contributed by atoms with E-state index in [0.29, 0.717) is 11.5 Å². The molecular formula is C11H10N2O3S2. The zero-order chi connectivity index (χ0) is 13.0. The summed E-state index contributed by atoms with van der Waals surface area (Å²) >= 11 is 2.85. The summed E-state index contributed by atoms with van der Waals surface area (Å²) in [5, 5.41) is 9.07. The molecule has 94 valence electrons. The van der Waals surface area contributed by atoms with Crippen LogP contribution in [0.5, 0.6) is 5.75 Å². The molecule has 0 radical (unpaired) electrons. The molecule has 1 aromatic carbocycles. The number of hydrogen-bond donors (Lipinski definition) is 1. The summed E-state index contributed by atoms with van der Waals surface area (Å²) in [7, 11) is 1.46. The smallest absolute Gasteiger partial charge is 0.339 e. The van der Waals surface area contributed by atoms with Gasteiger partial charge in [-0.1, -0.05) is 17.8 Å². The number of methoxy groups -OCH3 is 1. The van der Waals surface area contributed by atoms with Crippen molar-refractivity contribution in [1.29, 1.82) is 0 Å². The van der Waals surface area contributed by atoms with Gasteiger partial charge in [-0.05, 0) is 29.2 Å². The summed E-state index contributed by atoms with van der Waals surface area (Å²) in [6.07, 6.45) is 1.50. The van der Waals surface area contributed by atoms with Crippen molar-refractivity contribution >= 4 is 29.3 Å². The second-order valence-corrected chi connectivity index (χ2v) is 5.34. The zero-order valence-corrected chi connectivity index (χ0v) is 11.1. The lowest BCUT2D eigenvalue weighted by atomic mass is 10.1. The number of hydrogen-bond acceptors (Lipinski definition) is 6. The van der Waals surface area contributed by atoms with Crippen LogP contribution in [0.3, 0.4) is 0 Å². The van der Waals surface area contributed by atoms with Crippen molar-refractivity contribution in [3.8, 4) is 5.75 Å². The first kappa shape index (κ1) is 12.8. The zero-order valence-electron chi connectivity index (χ0n) is 9.49. The quantitative estimate of drug-likeness (QED) is 0.850. The van der Waals surface area contributed by atoms with Gasteiger partial charge in [0.25, 0.3) is 0 Å². The van der Waals surface area contributed by atoms with E-state index in [1.807, 2.05) is 6.07 Å². The summed E-state index contributed by atoms with van der Waals surface area (Å²) in [6, 6.07) is 5.13. The number of rotatable bonds is 5. The molecule has 2 aromatic rings. The second-order valence-electron chi connectivity index (χ2n) is 3.34. The van der Waals surface area contributed by atoms with E-state index in [1.165, 1.54) is 36.7 Å². The van der Waals surface area contributed by atoms with Gasteiger partial charge in [0.05, 0.1) is 7.11 Å². The van der Waals surface area contributed by atoms with Gasteiger partial charge in [-0.15, -0.1) is 0 Å². The van der Waals surface area contributed by atoms with E-state index in [0.717, 1.165) is 9.90 Å². The molecule has 0 unspecified atom stereocenters. The Morgan fingerprint density at radius 1 is 1.56 bits per heavy atom. The average Bonchev–Trinajstić information content (AvgIpc) is 2.89. The number of carbonyl (C=O) groups is 1. The summed E-state index contributed by atoms with van der Waals surface area (Å²) in [5.74, 6) is 0.0289. The van der Waals surface area contributed by atoms with Crippen molar-refractivity contribution in [2.45, 2.75) is 10.1 Å². The first-order chi connectivity index (χ1) is 8.70. The lowest BCUT2D eigenvalue weighted by Gasteiger charge is -2.06. The molecule has 7 heteroatoms. The third-order valence-electron chi connectivity index (χ3n) is 2.20. The van der Waals surface area contributed by atoms with E-state index in [4.69, 9.17) is 9.84 Å². The molecule has 0 aliphatic carbocycles. The molecule has 0 amide bonds. The number of nitrogens with zero attached hydrogens (tertiary/aromatic N) is 2. The molecule has 5 nitrogen and oxygen atoms in total. The predicted molar refractivity (Wildman–Crippen MR) is 69.4 cm³/mol. The number of ether oxygens (including phenoxy) is 1. The van der Waals surface area contributed by atoms with Crippen LogP contribution in [0.25, 0.3) is 0 Å². The van der Waals surface area contributed by atoms with Crippen LogP contribution in [-0.4, -0.2) is 27.5 Å². The molecule has 1 aromatic heterocycles. The van der Waals surface area contributed by atoms with Gasteiger partial charge in [-0.25, -0.2) is 9.78 Å². The molecule has 0 saturated heterocycles. The molecule has 1 heterocycles. The molecule has 0 aliphatic rings. The minimum atomic E-state index is -0.991. The van der Waals surface area contributed by atoms with Gasteiger partial charge in [0.15, 0.2) is 4.34 Å². The van der Waals surface area contributed by atoms with Crippen LogP contribution in [0, 0.1) is 0 Å². The minimum Gasteiger partial charge on any atom is -0.496 e. The first-order valence-electron chi connectivity index (χ1n) is 5.00. The Morgan fingerprint density at radius 3 is 3.00 bits per heavy atom. The van der Waals surface area contributed by atoms with Gasteiger partial charge in [0, 0.05) is 5.75 Å². The molecule has 0 saturated carbocycles. The number of carboxylic acid groups (broad SMARTS) is 1. The Hall–Kier alpha value is -1.60. The second kappa shape index (κ2) is 5.83. The maximum absolute atomic E-state index is 11.1. The van der Waals surface area contributed by atoms with Crippen LogP contribution in [0.4, 0.5) is 0 Å². The van der Waals surface area contributed by atoms with Crippen LogP contribution in [0.2, 0.25) is 0 Å². The fourth-order valence-electron chi connectivity index (χ4n) is 1.38. The van der Waals surface area contributed by atoms with Crippen molar-refractivity contribution in [3.05, 3.63) is 35.7 Å². The van der Waals surface area contributed by atoms with Crippen molar-refractivity contribution < 1.29 is 14.6 Å². The number of thioether (sulfide) groups is 1. The number of benzene rings is 1. The Labute approximate surface area is 112 Å². The van der Waals surface area contributed by atoms with Crippen molar-refractivity contribution in [1.82, 2.24) is 9.36 Å². The van der Waals surface area contributed by atoms with Crippen molar-refractivity contribution in [3.63, 3.8) is 0 Å². The largest absolute Gasteiger partial charge is 0.496 e. The lowest BCUT2D eigenvalue weighted by molar-refractivity contribution is 0.0693. The van der Waals surface area contributed by atoms with Gasteiger partial charge in [0.2, 0.25) is 0 Å². The van der Waals surface area contributed by atoms with Gasteiger partial charge in [-0.2, -0.15) is 4.37 Å². The highest BCUT2D eigenvalue weighted by molar-refractivity contribution is 8.00. The highest BCUT2D eigenvalue weighted by Gasteiger charge is 2.11. The fourth-order valence-corrected chi connectivity index (χ4v) is 2.77. The van der Waals surface area contributed by atoms with Gasteiger partial charge < -0.3 is 9.84 Å².